The second-order valence-corrected chi connectivity index (χ2v) is 7.41. The number of methoxy groups -OCH3 is 1. The number of hydrogen-bond acceptors (Lipinski definition) is 6. The molecule has 0 aliphatic carbocycles. The van der Waals surface area contributed by atoms with Crippen molar-refractivity contribution in [2.24, 2.45) is 0 Å². The van der Waals surface area contributed by atoms with Crippen molar-refractivity contribution >= 4 is 27.5 Å². The number of carbonyl (C=O) groups excluding carboxylic acids is 1. The molecular formula is C20H22N2O4S. The molecule has 0 saturated heterocycles. The number of ether oxygens (including phenoxy) is 2. The van der Waals surface area contributed by atoms with Crippen LogP contribution in [0, 0.1) is 13.8 Å². The minimum absolute atomic E-state index is 0.233. The Labute approximate surface area is 161 Å². The number of nitrogens with zero attached hydrogens (tertiary/aromatic N) is 2. The summed E-state index contributed by atoms with van der Waals surface area (Å²) in [6.07, 6.45) is 0. The van der Waals surface area contributed by atoms with Gasteiger partial charge in [0, 0.05) is 10.4 Å². The van der Waals surface area contributed by atoms with Gasteiger partial charge in [-0.05, 0) is 45.4 Å². The molecule has 0 spiro atoms. The molecule has 1 unspecified atom stereocenters. The molecule has 1 atom stereocenters. The third kappa shape index (κ3) is 3.35. The van der Waals surface area contributed by atoms with Crippen LogP contribution in [-0.4, -0.2) is 29.2 Å². The number of hydrogen-bond donors (Lipinski definition) is 0. The molecule has 0 amide bonds. The highest BCUT2D eigenvalue weighted by Gasteiger charge is 2.24. The van der Waals surface area contributed by atoms with Crippen LogP contribution in [0.1, 0.15) is 30.6 Å². The van der Waals surface area contributed by atoms with Crippen molar-refractivity contribution in [3.8, 4) is 16.9 Å². The maximum absolute atomic E-state index is 13.3. The molecule has 0 N–H and O–H groups in total. The van der Waals surface area contributed by atoms with Crippen LogP contribution >= 0.6 is 11.3 Å². The Morgan fingerprint density at radius 1 is 1.26 bits per heavy atom. The van der Waals surface area contributed by atoms with Crippen molar-refractivity contribution in [3.05, 3.63) is 45.3 Å². The number of aromatic nitrogens is 2. The molecule has 2 aromatic heterocycles. The van der Waals surface area contributed by atoms with Crippen molar-refractivity contribution in [2.75, 3.05) is 13.7 Å². The van der Waals surface area contributed by atoms with Gasteiger partial charge in [-0.15, -0.1) is 11.3 Å². The number of rotatable bonds is 5. The standard InChI is InChI=1S/C20H22N2O4S/c1-6-26-15-9-7-14(8-10-15)16-12(3)27-18-17(16)19(23)22(13(4)21-18)11(2)20(24)25-5/h7-11H,6H2,1-5H3. The molecular weight excluding hydrogens is 364 g/mol. The van der Waals surface area contributed by atoms with Gasteiger partial charge in [-0.2, -0.15) is 0 Å². The van der Waals surface area contributed by atoms with Crippen LogP contribution in [0.5, 0.6) is 5.75 Å². The Morgan fingerprint density at radius 3 is 2.52 bits per heavy atom. The molecule has 0 radical (unpaired) electrons. The van der Waals surface area contributed by atoms with Gasteiger partial charge in [0.15, 0.2) is 0 Å². The minimum atomic E-state index is -0.743. The molecule has 1 aromatic carbocycles. The summed E-state index contributed by atoms with van der Waals surface area (Å²) in [5.74, 6) is 0.796. The highest BCUT2D eigenvalue weighted by Crippen LogP contribution is 2.36. The molecule has 6 nitrogen and oxygen atoms in total. The second kappa shape index (κ2) is 7.52. The Morgan fingerprint density at radius 2 is 1.93 bits per heavy atom. The maximum Gasteiger partial charge on any atom is 0.328 e. The number of carbonyl (C=O) groups is 1. The van der Waals surface area contributed by atoms with E-state index in [2.05, 4.69) is 4.98 Å². The van der Waals surface area contributed by atoms with E-state index >= 15 is 0 Å². The third-order valence-electron chi connectivity index (χ3n) is 4.49. The molecule has 2 heterocycles. The highest BCUT2D eigenvalue weighted by molar-refractivity contribution is 7.19. The lowest BCUT2D eigenvalue weighted by atomic mass is 10.0. The van der Waals surface area contributed by atoms with E-state index < -0.39 is 12.0 Å². The molecule has 27 heavy (non-hydrogen) atoms. The zero-order valence-corrected chi connectivity index (χ0v) is 16.8. The Hall–Kier alpha value is -2.67. The first-order valence-corrected chi connectivity index (χ1v) is 9.54. The average Bonchev–Trinajstić information content (AvgIpc) is 2.97. The lowest BCUT2D eigenvalue weighted by molar-refractivity contribution is -0.144. The van der Waals surface area contributed by atoms with Gasteiger partial charge >= 0.3 is 5.97 Å². The number of benzene rings is 1. The van der Waals surface area contributed by atoms with E-state index in [1.165, 1.54) is 23.0 Å². The fraction of sp³-hybridized carbons (Fsp3) is 0.350. The summed E-state index contributed by atoms with van der Waals surface area (Å²) in [5.41, 5.74) is 1.53. The molecule has 142 valence electrons. The van der Waals surface area contributed by atoms with Gasteiger partial charge in [-0.1, -0.05) is 12.1 Å². The smallest absolute Gasteiger partial charge is 0.328 e. The summed E-state index contributed by atoms with van der Waals surface area (Å²) in [5, 5.41) is 0.531. The van der Waals surface area contributed by atoms with Crippen LogP contribution in [0.25, 0.3) is 21.3 Å². The quantitative estimate of drug-likeness (QED) is 0.623. The molecule has 0 bridgehead atoms. The van der Waals surface area contributed by atoms with E-state index in [-0.39, 0.29) is 5.56 Å². The summed E-state index contributed by atoms with van der Waals surface area (Å²) < 4.78 is 11.7. The van der Waals surface area contributed by atoms with Crippen molar-refractivity contribution < 1.29 is 14.3 Å². The first kappa shape index (κ1) is 19.1. The normalized spacial score (nSPS) is 12.2. The van der Waals surface area contributed by atoms with Gasteiger partial charge in [-0.25, -0.2) is 9.78 Å². The van der Waals surface area contributed by atoms with E-state index in [4.69, 9.17) is 9.47 Å². The van der Waals surface area contributed by atoms with E-state index in [0.29, 0.717) is 22.6 Å². The van der Waals surface area contributed by atoms with E-state index in [1.54, 1.807) is 13.8 Å². The topological polar surface area (TPSA) is 70.4 Å². The van der Waals surface area contributed by atoms with Crippen molar-refractivity contribution in [1.82, 2.24) is 9.55 Å². The zero-order chi connectivity index (χ0) is 19.7. The monoisotopic (exact) mass is 386 g/mol. The fourth-order valence-corrected chi connectivity index (χ4v) is 4.32. The van der Waals surface area contributed by atoms with Crippen molar-refractivity contribution in [1.29, 1.82) is 0 Å². The SMILES string of the molecule is CCOc1ccc(-c2c(C)sc3nc(C)n(C(C)C(=O)OC)c(=O)c23)cc1. The number of fused-ring (bicyclic) bond motifs is 1. The molecule has 0 fully saturated rings. The minimum Gasteiger partial charge on any atom is -0.494 e. The molecule has 3 aromatic rings. The first-order valence-electron chi connectivity index (χ1n) is 8.72. The molecule has 7 heteroatoms. The predicted octanol–water partition coefficient (Wildman–Crippen LogP) is 3.87. The average molecular weight is 386 g/mol. The summed E-state index contributed by atoms with van der Waals surface area (Å²) in [6.45, 7) is 7.87. The molecule has 0 aliphatic rings. The number of esters is 1. The van der Waals surface area contributed by atoms with Crippen molar-refractivity contribution in [3.63, 3.8) is 0 Å². The van der Waals surface area contributed by atoms with Crippen LogP contribution in [0.2, 0.25) is 0 Å². The van der Waals surface area contributed by atoms with Gasteiger partial charge < -0.3 is 9.47 Å². The molecule has 0 saturated carbocycles. The van der Waals surface area contributed by atoms with Crippen LogP contribution in [0.4, 0.5) is 0 Å². The van der Waals surface area contributed by atoms with Crippen LogP contribution in [-0.2, 0) is 9.53 Å². The summed E-state index contributed by atoms with van der Waals surface area (Å²) in [7, 11) is 1.31. The number of aryl methyl sites for hydroxylation is 2. The maximum atomic E-state index is 13.3. The van der Waals surface area contributed by atoms with Crippen LogP contribution < -0.4 is 10.3 Å². The van der Waals surface area contributed by atoms with Gasteiger partial charge in [0.2, 0.25) is 0 Å². The third-order valence-corrected chi connectivity index (χ3v) is 5.49. The molecule has 0 aliphatic heterocycles. The van der Waals surface area contributed by atoms with Gasteiger partial charge in [0.1, 0.15) is 22.4 Å². The second-order valence-electron chi connectivity index (χ2n) is 6.20. The van der Waals surface area contributed by atoms with E-state index in [0.717, 1.165) is 21.8 Å². The molecule has 3 rings (SSSR count). The van der Waals surface area contributed by atoms with Crippen LogP contribution in [0.3, 0.4) is 0 Å². The highest BCUT2D eigenvalue weighted by atomic mass is 32.1. The number of thiophene rings is 1. The predicted molar refractivity (Wildman–Crippen MR) is 107 cm³/mol. The van der Waals surface area contributed by atoms with Crippen molar-refractivity contribution in [2.45, 2.75) is 33.7 Å². The Bertz CT molecular complexity index is 1050. The Kier molecular flexibility index (Phi) is 5.32. The lowest BCUT2D eigenvalue weighted by Gasteiger charge is -2.15. The van der Waals surface area contributed by atoms with Gasteiger partial charge in [0.25, 0.3) is 5.56 Å². The van der Waals surface area contributed by atoms with E-state index in [1.807, 2.05) is 38.1 Å². The largest absolute Gasteiger partial charge is 0.494 e. The summed E-state index contributed by atoms with van der Waals surface area (Å²) in [6, 6.07) is 6.91. The van der Waals surface area contributed by atoms with E-state index in [9.17, 15) is 9.59 Å². The first-order chi connectivity index (χ1) is 12.9. The van der Waals surface area contributed by atoms with Gasteiger partial charge in [0.05, 0.1) is 19.1 Å². The Balaban J connectivity index is 2.24. The summed E-state index contributed by atoms with van der Waals surface area (Å²) >= 11 is 1.48. The summed E-state index contributed by atoms with van der Waals surface area (Å²) in [4.78, 5) is 31.5. The van der Waals surface area contributed by atoms with Gasteiger partial charge in [-0.3, -0.25) is 9.36 Å². The zero-order valence-electron chi connectivity index (χ0n) is 16.0. The fourth-order valence-electron chi connectivity index (χ4n) is 3.24. The van der Waals surface area contributed by atoms with Crippen LogP contribution in [0.15, 0.2) is 29.1 Å². The lowest BCUT2D eigenvalue weighted by Crippen LogP contribution is -2.31.